The highest BCUT2D eigenvalue weighted by molar-refractivity contribution is 7.09. The average molecular weight is 283 g/mol. The Hall–Kier alpha value is -1.14. The van der Waals surface area contributed by atoms with Crippen LogP contribution in [0.2, 0.25) is 0 Å². The Balaban J connectivity index is 2.13. The van der Waals surface area contributed by atoms with Gasteiger partial charge in [-0.1, -0.05) is 0 Å². The minimum Gasteiger partial charge on any atom is -0.444 e. The molecule has 1 unspecified atom stereocenters. The lowest BCUT2D eigenvalue weighted by molar-refractivity contribution is 0.0431. The summed E-state index contributed by atoms with van der Waals surface area (Å²) in [5, 5.41) is 9.21. The number of rotatable bonds is 2. The van der Waals surface area contributed by atoms with Crippen molar-refractivity contribution in [3.63, 3.8) is 0 Å². The lowest BCUT2D eigenvalue weighted by Gasteiger charge is -2.37. The van der Waals surface area contributed by atoms with Gasteiger partial charge in [0.15, 0.2) is 0 Å². The van der Waals surface area contributed by atoms with E-state index in [4.69, 9.17) is 4.74 Å². The number of carbonyl (C=O) groups is 1. The van der Waals surface area contributed by atoms with Gasteiger partial charge < -0.3 is 15.4 Å². The number of carbonyl (C=O) groups excluding carboxylic acids is 1. The third-order valence-corrected chi connectivity index (χ3v) is 3.94. The van der Waals surface area contributed by atoms with Crippen molar-refractivity contribution >= 4 is 17.4 Å². The quantitative estimate of drug-likeness (QED) is 0.874. The third-order valence-electron chi connectivity index (χ3n) is 2.97. The largest absolute Gasteiger partial charge is 0.444 e. The molecule has 0 spiro atoms. The molecular weight excluding hydrogens is 262 g/mol. The van der Waals surface area contributed by atoms with Gasteiger partial charge >= 0.3 is 6.09 Å². The van der Waals surface area contributed by atoms with Gasteiger partial charge in [-0.15, -0.1) is 11.3 Å². The first-order valence-corrected chi connectivity index (χ1v) is 7.41. The number of thiazole rings is 1. The number of amides is 1. The maximum absolute atomic E-state index is 12.0. The number of nitrogens with one attached hydrogen (secondary N) is 2. The third kappa shape index (κ3) is 3.67. The van der Waals surface area contributed by atoms with E-state index in [0.29, 0.717) is 6.54 Å². The van der Waals surface area contributed by atoms with E-state index in [1.54, 1.807) is 17.5 Å². The van der Waals surface area contributed by atoms with Crippen LogP contribution >= 0.6 is 11.3 Å². The normalized spacial score (nSPS) is 23.9. The Morgan fingerprint density at radius 2 is 2.37 bits per heavy atom. The van der Waals surface area contributed by atoms with Gasteiger partial charge in [0.1, 0.15) is 16.1 Å². The van der Waals surface area contributed by atoms with Crippen molar-refractivity contribution in [2.45, 2.75) is 44.8 Å². The van der Waals surface area contributed by atoms with Crippen molar-refractivity contribution in [2.75, 3.05) is 13.1 Å². The predicted molar refractivity (Wildman–Crippen MR) is 75.3 cm³/mol. The zero-order valence-corrected chi connectivity index (χ0v) is 12.5. The fourth-order valence-electron chi connectivity index (χ4n) is 2.21. The van der Waals surface area contributed by atoms with Gasteiger partial charge in [-0.3, -0.25) is 0 Å². The fraction of sp³-hybridized carbons (Fsp3) is 0.692. The maximum Gasteiger partial charge on any atom is 0.408 e. The number of ether oxygens (including phenoxy) is 1. The van der Waals surface area contributed by atoms with Crippen molar-refractivity contribution in [3.05, 3.63) is 16.6 Å². The molecule has 106 valence electrons. The van der Waals surface area contributed by atoms with Gasteiger partial charge in [0, 0.05) is 18.1 Å². The van der Waals surface area contributed by atoms with E-state index < -0.39 is 11.1 Å². The molecule has 0 saturated carbocycles. The highest BCUT2D eigenvalue weighted by Gasteiger charge is 2.38. The molecule has 1 atom stereocenters. The zero-order valence-electron chi connectivity index (χ0n) is 11.7. The van der Waals surface area contributed by atoms with Gasteiger partial charge in [0.05, 0.1) is 0 Å². The summed E-state index contributed by atoms with van der Waals surface area (Å²) in [4.78, 5) is 16.4. The predicted octanol–water partition coefficient (Wildman–Crippen LogP) is 2.25. The molecule has 0 radical (unpaired) electrons. The van der Waals surface area contributed by atoms with Crippen LogP contribution in [0.4, 0.5) is 4.79 Å². The standard InChI is InChI=1S/C13H21N3O2S/c1-12(2,3)18-11(17)16-13(5-4-6-14-9-13)10-15-7-8-19-10/h7-8,14H,4-6,9H2,1-3H3,(H,16,17). The second-order valence-corrected chi connectivity index (χ2v) is 6.72. The summed E-state index contributed by atoms with van der Waals surface area (Å²) >= 11 is 1.57. The van der Waals surface area contributed by atoms with Gasteiger partial charge in [-0.25, -0.2) is 9.78 Å². The average Bonchev–Trinajstić information content (AvgIpc) is 2.81. The van der Waals surface area contributed by atoms with Crippen LogP contribution in [-0.2, 0) is 10.3 Å². The Labute approximate surface area is 117 Å². The minimum absolute atomic E-state index is 0.383. The van der Waals surface area contributed by atoms with Gasteiger partial charge in [-0.2, -0.15) is 0 Å². The molecule has 1 fully saturated rings. The van der Waals surface area contributed by atoms with Crippen LogP contribution in [-0.4, -0.2) is 29.8 Å². The lowest BCUT2D eigenvalue weighted by Crippen LogP contribution is -2.56. The smallest absolute Gasteiger partial charge is 0.408 e. The summed E-state index contributed by atoms with van der Waals surface area (Å²) in [6.45, 7) is 7.26. The minimum atomic E-state index is -0.490. The van der Waals surface area contributed by atoms with Crippen molar-refractivity contribution in [2.24, 2.45) is 0 Å². The van der Waals surface area contributed by atoms with Crippen molar-refractivity contribution in [1.29, 1.82) is 0 Å². The van der Waals surface area contributed by atoms with E-state index >= 15 is 0 Å². The Morgan fingerprint density at radius 3 is 2.89 bits per heavy atom. The molecular formula is C13H21N3O2S. The maximum atomic E-state index is 12.0. The second kappa shape index (κ2) is 5.46. The number of nitrogens with zero attached hydrogens (tertiary/aromatic N) is 1. The van der Waals surface area contributed by atoms with E-state index in [9.17, 15) is 4.79 Å². The van der Waals surface area contributed by atoms with E-state index in [-0.39, 0.29) is 6.09 Å². The monoisotopic (exact) mass is 283 g/mol. The van der Waals surface area contributed by atoms with Gasteiger partial charge in [0.2, 0.25) is 0 Å². The summed E-state index contributed by atoms with van der Waals surface area (Å²) in [5.74, 6) is 0. The first kappa shape index (κ1) is 14.3. The van der Waals surface area contributed by atoms with Crippen LogP contribution in [0.25, 0.3) is 0 Å². The van der Waals surface area contributed by atoms with E-state index in [0.717, 1.165) is 24.4 Å². The fourth-order valence-corrected chi connectivity index (χ4v) is 3.03. The van der Waals surface area contributed by atoms with Crippen LogP contribution in [0.1, 0.15) is 38.6 Å². The molecule has 1 aromatic rings. The molecule has 2 N–H and O–H groups in total. The van der Waals surface area contributed by atoms with Crippen LogP contribution in [0.5, 0.6) is 0 Å². The Bertz CT molecular complexity index is 420. The molecule has 1 saturated heterocycles. The summed E-state index contributed by atoms with van der Waals surface area (Å²) in [7, 11) is 0. The molecule has 19 heavy (non-hydrogen) atoms. The van der Waals surface area contributed by atoms with Gasteiger partial charge in [-0.05, 0) is 40.2 Å². The summed E-state index contributed by atoms with van der Waals surface area (Å²) in [6.07, 6.45) is 3.28. The number of hydrogen-bond donors (Lipinski definition) is 2. The van der Waals surface area contributed by atoms with E-state index in [2.05, 4.69) is 15.6 Å². The van der Waals surface area contributed by atoms with Crippen molar-refractivity contribution in [3.8, 4) is 0 Å². The lowest BCUT2D eigenvalue weighted by atomic mass is 9.91. The molecule has 0 aliphatic carbocycles. The molecule has 6 heteroatoms. The Morgan fingerprint density at radius 1 is 1.58 bits per heavy atom. The summed E-state index contributed by atoms with van der Waals surface area (Å²) in [6, 6.07) is 0. The molecule has 5 nitrogen and oxygen atoms in total. The molecule has 0 aromatic carbocycles. The van der Waals surface area contributed by atoms with Gasteiger partial charge in [0.25, 0.3) is 0 Å². The molecule has 1 aliphatic heterocycles. The Kier molecular flexibility index (Phi) is 4.10. The summed E-state index contributed by atoms with van der Waals surface area (Å²) < 4.78 is 5.36. The molecule has 0 bridgehead atoms. The topological polar surface area (TPSA) is 63.2 Å². The highest BCUT2D eigenvalue weighted by atomic mass is 32.1. The molecule has 1 aromatic heterocycles. The van der Waals surface area contributed by atoms with Crippen LogP contribution in [0.3, 0.4) is 0 Å². The number of aromatic nitrogens is 1. The van der Waals surface area contributed by atoms with Crippen molar-refractivity contribution in [1.82, 2.24) is 15.6 Å². The SMILES string of the molecule is CC(C)(C)OC(=O)NC1(c2nccs2)CCCNC1. The van der Waals surface area contributed by atoms with Crippen LogP contribution < -0.4 is 10.6 Å². The molecule has 2 rings (SSSR count). The number of piperidine rings is 1. The number of hydrogen-bond acceptors (Lipinski definition) is 5. The van der Waals surface area contributed by atoms with Crippen molar-refractivity contribution < 1.29 is 9.53 Å². The molecule has 1 amide bonds. The first-order valence-electron chi connectivity index (χ1n) is 6.53. The van der Waals surface area contributed by atoms with Crippen LogP contribution in [0, 0.1) is 0 Å². The van der Waals surface area contributed by atoms with E-state index in [1.165, 1.54) is 0 Å². The second-order valence-electron chi connectivity index (χ2n) is 5.83. The number of alkyl carbamates (subject to hydrolysis) is 1. The summed E-state index contributed by atoms with van der Waals surface area (Å²) in [5.41, 5.74) is -0.926. The molecule has 1 aliphatic rings. The van der Waals surface area contributed by atoms with Crippen LogP contribution in [0.15, 0.2) is 11.6 Å². The zero-order chi connectivity index (χ0) is 13.9. The highest BCUT2D eigenvalue weighted by Crippen LogP contribution is 2.30. The first-order chi connectivity index (χ1) is 8.91. The molecule has 2 heterocycles. The van der Waals surface area contributed by atoms with E-state index in [1.807, 2.05) is 26.2 Å².